The molecule has 2 aromatic rings. The predicted octanol–water partition coefficient (Wildman–Crippen LogP) is 3.76. The summed E-state index contributed by atoms with van der Waals surface area (Å²) in [5.41, 5.74) is 1.89. The first kappa shape index (κ1) is 14.0. The smallest absolute Gasteiger partial charge is 0.247 e. The summed E-state index contributed by atoms with van der Waals surface area (Å²) < 4.78 is 5.70. The van der Waals surface area contributed by atoms with E-state index in [4.69, 9.17) is 16.0 Å². The number of nitrogens with zero attached hydrogens (tertiary/aromatic N) is 2. The van der Waals surface area contributed by atoms with Gasteiger partial charge in [-0.1, -0.05) is 18.5 Å². The van der Waals surface area contributed by atoms with Crippen LogP contribution in [0.1, 0.15) is 37.8 Å². The molecule has 1 unspecified atom stereocenters. The predicted molar refractivity (Wildman–Crippen MR) is 76.2 cm³/mol. The lowest BCUT2D eigenvalue weighted by Crippen LogP contribution is -2.19. The molecular formula is C14H18ClN3O. The molecule has 2 rings (SSSR count). The van der Waals surface area contributed by atoms with Crippen LogP contribution in [0.5, 0.6) is 0 Å². The van der Waals surface area contributed by atoms with Crippen LogP contribution in [0.25, 0.3) is 11.5 Å². The van der Waals surface area contributed by atoms with Gasteiger partial charge in [-0.2, -0.15) is 0 Å². The topological polar surface area (TPSA) is 51.0 Å². The van der Waals surface area contributed by atoms with E-state index in [2.05, 4.69) is 22.4 Å². The van der Waals surface area contributed by atoms with Crippen molar-refractivity contribution in [1.82, 2.24) is 15.5 Å². The van der Waals surface area contributed by atoms with Crippen LogP contribution in [-0.2, 0) is 0 Å². The Bertz CT molecular complexity index is 553. The maximum absolute atomic E-state index is 6.00. The van der Waals surface area contributed by atoms with Crippen molar-refractivity contribution in [2.24, 2.45) is 0 Å². The van der Waals surface area contributed by atoms with Crippen molar-refractivity contribution in [3.8, 4) is 11.5 Å². The van der Waals surface area contributed by atoms with Crippen molar-refractivity contribution in [2.45, 2.75) is 33.2 Å². The Labute approximate surface area is 118 Å². The highest BCUT2D eigenvalue weighted by Gasteiger charge is 2.14. The van der Waals surface area contributed by atoms with Crippen LogP contribution in [0.4, 0.5) is 0 Å². The zero-order chi connectivity index (χ0) is 13.8. The molecule has 5 heteroatoms. The largest absolute Gasteiger partial charge is 0.419 e. The van der Waals surface area contributed by atoms with Crippen molar-refractivity contribution in [3.63, 3.8) is 0 Å². The number of hydrogen-bond acceptors (Lipinski definition) is 4. The summed E-state index contributed by atoms with van der Waals surface area (Å²) in [6.07, 6.45) is 1.07. The lowest BCUT2D eigenvalue weighted by Gasteiger charge is -2.07. The monoisotopic (exact) mass is 279 g/mol. The van der Waals surface area contributed by atoms with Crippen molar-refractivity contribution in [2.75, 3.05) is 6.54 Å². The van der Waals surface area contributed by atoms with Gasteiger partial charge in [0.1, 0.15) is 0 Å². The number of aromatic nitrogens is 2. The molecule has 0 aliphatic rings. The Balaban J connectivity index is 2.18. The summed E-state index contributed by atoms with van der Waals surface area (Å²) in [6.45, 7) is 7.02. The van der Waals surface area contributed by atoms with Gasteiger partial charge < -0.3 is 9.73 Å². The molecule has 1 aromatic heterocycles. The van der Waals surface area contributed by atoms with E-state index in [1.165, 1.54) is 0 Å². The fourth-order valence-electron chi connectivity index (χ4n) is 1.75. The Morgan fingerprint density at radius 1 is 1.37 bits per heavy atom. The molecule has 102 valence electrons. The SMILES string of the molecule is CCCNC(C)c1nnc(-c2ccc(Cl)c(C)c2)o1. The number of halogens is 1. The minimum atomic E-state index is 0.0644. The van der Waals surface area contributed by atoms with Crippen LogP contribution < -0.4 is 5.32 Å². The van der Waals surface area contributed by atoms with E-state index in [9.17, 15) is 0 Å². The Morgan fingerprint density at radius 2 is 2.16 bits per heavy atom. The molecule has 1 aromatic carbocycles. The van der Waals surface area contributed by atoms with E-state index >= 15 is 0 Å². The van der Waals surface area contributed by atoms with Gasteiger partial charge in [-0.3, -0.25) is 0 Å². The van der Waals surface area contributed by atoms with Crippen LogP contribution in [0.3, 0.4) is 0 Å². The molecule has 0 bridgehead atoms. The maximum atomic E-state index is 6.00. The number of hydrogen-bond donors (Lipinski definition) is 1. The van der Waals surface area contributed by atoms with E-state index in [1.54, 1.807) is 0 Å². The van der Waals surface area contributed by atoms with E-state index in [1.807, 2.05) is 32.0 Å². The van der Waals surface area contributed by atoms with E-state index in [0.717, 1.165) is 29.1 Å². The molecular weight excluding hydrogens is 262 g/mol. The zero-order valence-electron chi connectivity index (χ0n) is 11.4. The van der Waals surface area contributed by atoms with Crippen LogP contribution >= 0.6 is 11.6 Å². The Kier molecular flexibility index (Phi) is 4.56. The highest BCUT2D eigenvalue weighted by Crippen LogP contribution is 2.24. The summed E-state index contributed by atoms with van der Waals surface area (Å²) in [4.78, 5) is 0. The second-order valence-electron chi connectivity index (χ2n) is 4.59. The van der Waals surface area contributed by atoms with Crippen molar-refractivity contribution < 1.29 is 4.42 Å². The van der Waals surface area contributed by atoms with Gasteiger partial charge in [-0.15, -0.1) is 10.2 Å². The molecule has 0 aliphatic carbocycles. The van der Waals surface area contributed by atoms with Crippen molar-refractivity contribution in [3.05, 3.63) is 34.7 Å². The number of nitrogens with one attached hydrogen (secondary N) is 1. The molecule has 1 heterocycles. The van der Waals surface area contributed by atoms with E-state index in [-0.39, 0.29) is 6.04 Å². The van der Waals surface area contributed by atoms with Crippen LogP contribution in [-0.4, -0.2) is 16.7 Å². The quantitative estimate of drug-likeness (QED) is 0.905. The minimum absolute atomic E-state index is 0.0644. The van der Waals surface area contributed by atoms with Crippen LogP contribution in [0.15, 0.2) is 22.6 Å². The third-order valence-electron chi connectivity index (χ3n) is 2.92. The third kappa shape index (κ3) is 3.33. The number of rotatable bonds is 5. The van der Waals surface area contributed by atoms with Crippen molar-refractivity contribution in [1.29, 1.82) is 0 Å². The standard InChI is InChI=1S/C14H18ClN3O/c1-4-7-16-10(3)13-17-18-14(19-13)11-5-6-12(15)9(2)8-11/h5-6,8,10,16H,4,7H2,1-3H3. The molecule has 1 atom stereocenters. The summed E-state index contributed by atoms with van der Waals surface area (Å²) in [6, 6.07) is 5.74. The minimum Gasteiger partial charge on any atom is -0.419 e. The van der Waals surface area contributed by atoms with E-state index < -0.39 is 0 Å². The molecule has 0 saturated carbocycles. The van der Waals surface area contributed by atoms with Crippen LogP contribution in [0, 0.1) is 6.92 Å². The van der Waals surface area contributed by atoms with E-state index in [0.29, 0.717) is 11.8 Å². The average molecular weight is 280 g/mol. The zero-order valence-corrected chi connectivity index (χ0v) is 12.2. The molecule has 0 fully saturated rings. The molecule has 0 amide bonds. The first-order chi connectivity index (χ1) is 9.11. The number of aryl methyl sites for hydroxylation is 1. The summed E-state index contributed by atoms with van der Waals surface area (Å²) in [5, 5.41) is 12.2. The molecule has 0 spiro atoms. The molecule has 19 heavy (non-hydrogen) atoms. The lowest BCUT2D eigenvalue weighted by atomic mass is 10.1. The molecule has 0 radical (unpaired) electrons. The van der Waals surface area contributed by atoms with Gasteiger partial charge in [0.2, 0.25) is 11.8 Å². The summed E-state index contributed by atoms with van der Waals surface area (Å²) >= 11 is 6.00. The van der Waals surface area contributed by atoms with Gasteiger partial charge in [0.15, 0.2) is 0 Å². The fourth-order valence-corrected chi connectivity index (χ4v) is 1.87. The number of benzene rings is 1. The molecule has 0 aliphatic heterocycles. The molecule has 4 nitrogen and oxygen atoms in total. The summed E-state index contributed by atoms with van der Waals surface area (Å²) in [5.74, 6) is 1.14. The first-order valence-corrected chi connectivity index (χ1v) is 6.83. The van der Waals surface area contributed by atoms with Gasteiger partial charge in [0.25, 0.3) is 0 Å². The maximum Gasteiger partial charge on any atom is 0.247 e. The first-order valence-electron chi connectivity index (χ1n) is 6.45. The molecule has 0 saturated heterocycles. The van der Waals surface area contributed by atoms with Gasteiger partial charge in [-0.05, 0) is 50.6 Å². The van der Waals surface area contributed by atoms with Gasteiger partial charge in [0.05, 0.1) is 6.04 Å². The van der Waals surface area contributed by atoms with Gasteiger partial charge >= 0.3 is 0 Å². The van der Waals surface area contributed by atoms with Gasteiger partial charge in [0, 0.05) is 10.6 Å². The van der Waals surface area contributed by atoms with Gasteiger partial charge in [-0.25, -0.2) is 0 Å². The Hall–Kier alpha value is -1.39. The average Bonchev–Trinajstić information content (AvgIpc) is 2.89. The fraction of sp³-hybridized carbons (Fsp3) is 0.429. The second kappa shape index (κ2) is 6.17. The van der Waals surface area contributed by atoms with Crippen LogP contribution in [0.2, 0.25) is 5.02 Å². The Morgan fingerprint density at radius 3 is 2.84 bits per heavy atom. The summed E-state index contributed by atoms with van der Waals surface area (Å²) in [7, 11) is 0. The second-order valence-corrected chi connectivity index (χ2v) is 4.99. The third-order valence-corrected chi connectivity index (χ3v) is 3.34. The lowest BCUT2D eigenvalue weighted by molar-refractivity contribution is 0.423. The normalized spacial score (nSPS) is 12.6. The highest BCUT2D eigenvalue weighted by molar-refractivity contribution is 6.31. The molecule has 1 N–H and O–H groups in total. The van der Waals surface area contributed by atoms with Crippen molar-refractivity contribution >= 4 is 11.6 Å². The highest BCUT2D eigenvalue weighted by atomic mass is 35.5.